The van der Waals surface area contributed by atoms with Crippen LogP contribution in [0.4, 0.5) is 13.2 Å². The molecule has 3 heterocycles. The quantitative estimate of drug-likeness (QED) is 0.548. The first-order chi connectivity index (χ1) is 12.9. The number of hydrogen-bond acceptors (Lipinski definition) is 5. The van der Waals surface area contributed by atoms with Gasteiger partial charge in [-0.1, -0.05) is 30.3 Å². The Morgan fingerprint density at radius 3 is 2.59 bits per heavy atom. The van der Waals surface area contributed by atoms with Crippen molar-refractivity contribution in [3.63, 3.8) is 0 Å². The Kier molecular flexibility index (Phi) is 4.09. The Balaban J connectivity index is 1.87. The van der Waals surface area contributed by atoms with Gasteiger partial charge < -0.3 is 5.10 Å². The zero-order chi connectivity index (χ0) is 19.0. The lowest BCUT2D eigenvalue weighted by Crippen LogP contribution is -2.09. The molecule has 0 spiro atoms. The van der Waals surface area contributed by atoms with Crippen molar-refractivity contribution in [2.45, 2.75) is 26.1 Å². The second-order valence-corrected chi connectivity index (χ2v) is 5.97. The predicted molar refractivity (Wildman–Crippen MR) is 89.6 cm³/mol. The van der Waals surface area contributed by atoms with Crippen LogP contribution in [0.5, 0.6) is 0 Å². The zero-order valence-corrected chi connectivity index (χ0v) is 14.1. The minimum absolute atomic E-state index is 0.00172. The number of hydrogen-bond donors (Lipinski definition) is 0. The summed E-state index contributed by atoms with van der Waals surface area (Å²) in [6, 6.07) is 9.81. The Morgan fingerprint density at radius 2 is 1.93 bits per heavy atom. The second kappa shape index (κ2) is 6.45. The van der Waals surface area contributed by atoms with Crippen molar-refractivity contribution in [3.8, 4) is 11.3 Å². The fraction of sp³-hybridized carbons (Fsp3) is 0.235. The molecule has 0 saturated heterocycles. The summed E-state index contributed by atoms with van der Waals surface area (Å²) in [5.74, 6) is 0.395. The van der Waals surface area contributed by atoms with Crippen molar-refractivity contribution < 1.29 is 13.2 Å². The van der Waals surface area contributed by atoms with Gasteiger partial charge in [-0.2, -0.15) is 23.5 Å². The molecule has 10 heteroatoms. The molecule has 0 radical (unpaired) electrons. The summed E-state index contributed by atoms with van der Waals surface area (Å²) in [7, 11) is 0. The van der Waals surface area contributed by atoms with Gasteiger partial charge in [0.15, 0.2) is 5.65 Å². The number of alkyl halides is 3. The number of rotatable bonds is 4. The SMILES string of the molecule is Cc1nn(CCc2nnn[n-]2)c2nc(-c3ccccc3)cc(C(F)(F)F)c12. The third kappa shape index (κ3) is 3.25. The molecule has 1 aromatic carbocycles. The monoisotopic (exact) mass is 372 g/mol. The summed E-state index contributed by atoms with van der Waals surface area (Å²) >= 11 is 0. The van der Waals surface area contributed by atoms with E-state index in [1.807, 2.05) is 0 Å². The van der Waals surface area contributed by atoms with E-state index < -0.39 is 11.7 Å². The Labute approximate surface area is 151 Å². The van der Waals surface area contributed by atoms with Crippen LogP contribution in [0, 0.1) is 6.92 Å². The minimum atomic E-state index is -4.52. The van der Waals surface area contributed by atoms with E-state index in [1.54, 1.807) is 37.3 Å². The third-order valence-corrected chi connectivity index (χ3v) is 4.16. The number of aromatic nitrogens is 7. The number of aryl methyl sites for hydroxylation is 3. The standard InChI is InChI=1S/C17H13F3N7/c1-10-15-12(17(18,19)20)9-13(11-5-3-2-4-6-11)21-16(15)27(24-10)8-7-14-22-25-26-23-14/h2-6,9H,7-8H2,1H3/q-1. The average Bonchev–Trinajstić information content (AvgIpc) is 3.27. The van der Waals surface area contributed by atoms with Gasteiger partial charge in [0.25, 0.3) is 0 Å². The van der Waals surface area contributed by atoms with Crippen LogP contribution in [-0.4, -0.2) is 30.3 Å². The summed E-state index contributed by atoms with van der Waals surface area (Å²) in [6.45, 7) is 1.81. The topological polar surface area (TPSA) is 83.5 Å². The van der Waals surface area contributed by atoms with Gasteiger partial charge >= 0.3 is 6.18 Å². The van der Waals surface area contributed by atoms with Gasteiger partial charge in [-0.3, -0.25) is 10.3 Å². The molecule has 0 amide bonds. The van der Waals surface area contributed by atoms with E-state index in [1.165, 1.54) is 4.68 Å². The van der Waals surface area contributed by atoms with E-state index in [4.69, 9.17) is 0 Å². The highest BCUT2D eigenvalue weighted by atomic mass is 19.4. The molecule has 4 rings (SSSR count). The van der Waals surface area contributed by atoms with E-state index >= 15 is 0 Å². The minimum Gasteiger partial charge on any atom is -0.335 e. The van der Waals surface area contributed by atoms with Crippen LogP contribution >= 0.6 is 0 Å². The Morgan fingerprint density at radius 1 is 1.15 bits per heavy atom. The van der Waals surface area contributed by atoms with E-state index in [0.717, 1.165) is 6.07 Å². The molecular weight excluding hydrogens is 359 g/mol. The van der Waals surface area contributed by atoms with E-state index in [-0.39, 0.29) is 29.0 Å². The first kappa shape index (κ1) is 17.1. The molecule has 4 aromatic rings. The first-order valence-corrected chi connectivity index (χ1v) is 8.12. The van der Waals surface area contributed by atoms with Crippen molar-refractivity contribution in [2.75, 3.05) is 0 Å². The van der Waals surface area contributed by atoms with Crippen molar-refractivity contribution in [1.29, 1.82) is 0 Å². The summed E-state index contributed by atoms with van der Waals surface area (Å²) in [5, 5.41) is 18.5. The summed E-state index contributed by atoms with van der Waals surface area (Å²) in [6.07, 6.45) is -4.19. The van der Waals surface area contributed by atoms with E-state index in [9.17, 15) is 13.2 Å². The molecule has 0 atom stereocenters. The van der Waals surface area contributed by atoms with Crippen LogP contribution in [-0.2, 0) is 19.1 Å². The van der Waals surface area contributed by atoms with Gasteiger partial charge in [0.2, 0.25) is 0 Å². The molecule has 0 aliphatic heterocycles. The fourth-order valence-corrected chi connectivity index (χ4v) is 2.96. The first-order valence-electron chi connectivity index (χ1n) is 8.12. The number of pyridine rings is 1. The molecule has 27 heavy (non-hydrogen) atoms. The van der Waals surface area contributed by atoms with Crippen molar-refractivity contribution in [1.82, 2.24) is 35.4 Å². The van der Waals surface area contributed by atoms with E-state index in [2.05, 4.69) is 30.7 Å². The molecule has 0 N–H and O–H groups in total. The highest BCUT2D eigenvalue weighted by molar-refractivity contribution is 5.85. The molecule has 0 aliphatic rings. The van der Waals surface area contributed by atoms with Crippen molar-refractivity contribution >= 4 is 11.0 Å². The number of halogens is 3. The average molecular weight is 372 g/mol. The smallest absolute Gasteiger partial charge is 0.335 e. The molecule has 0 aliphatic carbocycles. The maximum absolute atomic E-state index is 13.7. The van der Waals surface area contributed by atoms with Gasteiger partial charge in [0.1, 0.15) is 0 Å². The molecule has 0 bridgehead atoms. The highest BCUT2D eigenvalue weighted by Gasteiger charge is 2.35. The van der Waals surface area contributed by atoms with Gasteiger partial charge in [-0.25, -0.2) is 9.67 Å². The molecule has 3 aromatic heterocycles. The number of benzene rings is 1. The Hall–Kier alpha value is -3.30. The third-order valence-electron chi connectivity index (χ3n) is 4.16. The van der Waals surface area contributed by atoms with E-state index in [0.29, 0.717) is 17.8 Å². The number of tetrazole rings is 1. The predicted octanol–water partition coefficient (Wildman–Crippen LogP) is 2.81. The van der Waals surface area contributed by atoms with Crippen LogP contribution in [0.1, 0.15) is 17.1 Å². The maximum atomic E-state index is 13.7. The normalized spacial score (nSPS) is 12.0. The molecular formula is C17H13F3N7-. The van der Waals surface area contributed by atoms with Crippen LogP contribution in [0.3, 0.4) is 0 Å². The lowest BCUT2D eigenvalue weighted by Gasteiger charge is -2.12. The Bertz CT molecular complexity index is 1070. The van der Waals surface area contributed by atoms with Crippen molar-refractivity contribution in [3.05, 3.63) is 53.5 Å². The molecule has 0 saturated carbocycles. The van der Waals surface area contributed by atoms with Crippen LogP contribution in [0.2, 0.25) is 0 Å². The molecule has 138 valence electrons. The number of fused-ring (bicyclic) bond motifs is 1. The highest BCUT2D eigenvalue weighted by Crippen LogP contribution is 2.38. The zero-order valence-electron chi connectivity index (χ0n) is 14.1. The lowest BCUT2D eigenvalue weighted by molar-refractivity contribution is -0.136. The van der Waals surface area contributed by atoms with Crippen LogP contribution < -0.4 is 5.10 Å². The molecule has 7 nitrogen and oxygen atoms in total. The molecule has 0 unspecified atom stereocenters. The van der Waals surface area contributed by atoms with Crippen molar-refractivity contribution in [2.24, 2.45) is 0 Å². The summed E-state index contributed by atoms with van der Waals surface area (Å²) in [5.41, 5.74) is 0.535. The second-order valence-electron chi connectivity index (χ2n) is 5.97. The largest absolute Gasteiger partial charge is 0.417 e. The fourth-order valence-electron chi connectivity index (χ4n) is 2.96. The summed E-state index contributed by atoms with van der Waals surface area (Å²) in [4.78, 5) is 4.47. The van der Waals surface area contributed by atoms with Crippen LogP contribution in [0.25, 0.3) is 22.3 Å². The summed E-state index contributed by atoms with van der Waals surface area (Å²) < 4.78 is 42.6. The van der Waals surface area contributed by atoms with Gasteiger partial charge in [0, 0.05) is 17.9 Å². The van der Waals surface area contributed by atoms with Gasteiger partial charge in [-0.15, -0.1) is 0 Å². The van der Waals surface area contributed by atoms with Gasteiger partial charge in [-0.05, 0) is 19.4 Å². The van der Waals surface area contributed by atoms with Gasteiger partial charge in [0.05, 0.1) is 22.3 Å². The maximum Gasteiger partial charge on any atom is 0.417 e. The lowest BCUT2D eigenvalue weighted by atomic mass is 10.1. The number of nitrogens with zero attached hydrogens (tertiary/aromatic N) is 7. The van der Waals surface area contributed by atoms with Crippen LogP contribution in [0.15, 0.2) is 36.4 Å². The molecule has 0 fully saturated rings.